The van der Waals surface area contributed by atoms with Gasteiger partial charge in [-0.15, -0.1) is 40.6 Å². The Labute approximate surface area is 113 Å². The number of benzene rings is 1. The Kier molecular flexibility index (Phi) is 12.7. The first-order valence-corrected chi connectivity index (χ1v) is 4.55. The second-order valence-electron chi connectivity index (χ2n) is 3.20. The number of hydrogen-bond donors (Lipinski definition) is 0. The molecule has 0 saturated heterocycles. The van der Waals surface area contributed by atoms with Crippen molar-refractivity contribution in [2.24, 2.45) is 0 Å². The zero-order chi connectivity index (χ0) is 8.39. The molecule has 0 bridgehead atoms. The van der Waals surface area contributed by atoms with E-state index in [0.29, 0.717) is 0 Å². The van der Waals surface area contributed by atoms with Crippen LogP contribution in [-0.2, 0) is 32.6 Å². The second kappa shape index (κ2) is 9.71. The van der Waals surface area contributed by atoms with Crippen molar-refractivity contribution in [2.45, 2.75) is 19.8 Å². The van der Waals surface area contributed by atoms with Crippen LogP contribution in [0.15, 0.2) is 36.4 Å². The Hall–Kier alpha value is -0.497. The molecule has 16 heavy (non-hydrogen) atoms. The maximum Gasteiger partial charge on any atom is 0 e. The first-order chi connectivity index (χ1) is 5.92. The summed E-state index contributed by atoms with van der Waals surface area (Å²) in [5.41, 5.74) is 1.49. The maximum atomic E-state index is 2.24. The van der Waals surface area contributed by atoms with Crippen molar-refractivity contribution in [3.8, 4) is 0 Å². The van der Waals surface area contributed by atoms with Gasteiger partial charge in [0.15, 0.2) is 0 Å². The van der Waals surface area contributed by atoms with Crippen LogP contribution in [0.4, 0.5) is 14.1 Å². The van der Waals surface area contributed by atoms with Gasteiger partial charge in [-0.1, -0.05) is 25.8 Å². The first kappa shape index (κ1) is 20.9. The molecule has 0 aliphatic rings. The van der Waals surface area contributed by atoms with E-state index in [1.54, 1.807) is 0 Å². The predicted octanol–water partition coefficient (Wildman–Crippen LogP) is 3.97. The standard InChI is InChI=1S/C12H13.3FH.Zr/c1-2-5-10-8-9-11-6-3-4-7-12(10)11;;;;/h3-4,6-9H,2,5H2,1H3;3*1H;/q-1;;;;. The SMILES string of the molecule is CCC[c-]1ccc2ccccc21.F.F.F.[Zr]. The average Bonchev–Trinajstić information content (AvgIpc) is 2.50. The molecule has 0 aliphatic carbocycles. The van der Waals surface area contributed by atoms with Crippen molar-refractivity contribution in [1.29, 1.82) is 0 Å². The molecule has 0 unspecified atom stereocenters. The third-order valence-electron chi connectivity index (χ3n) is 2.29. The quantitative estimate of drug-likeness (QED) is 0.737. The molecule has 0 radical (unpaired) electrons. The van der Waals surface area contributed by atoms with Crippen molar-refractivity contribution < 1.29 is 40.3 Å². The molecule has 0 saturated carbocycles. The smallest absolute Gasteiger partial charge is 0 e. The Bertz CT molecular complexity index is 384. The minimum Gasteiger partial charge on any atom is -0.269 e. The molecule has 0 aromatic heterocycles. The van der Waals surface area contributed by atoms with E-state index in [2.05, 4.69) is 43.3 Å². The van der Waals surface area contributed by atoms with Crippen molar-refractivity contribution in [3.63, 3.8) is 0 Å². The first-order valence-electron chi connectivity index (χ1n) is 4.55. The van der Waals surface area contributed by atoms with Gasteiger partial charge < -0.3 is 0 Å². The Morgan fingerprint density at radius 3 is 2.25 bits per heavy atom. The summed E-state index contributed by atoms with van der Waals surface area (Å²) in [6, 6.07) is 13.0. The number of aryl methyl sites for hydroxylation is 1. The number of halogens is 3. The minimum atomic E-state index is 0. The average molecular weight is 308 g/mol. The fourth-order valence-electron chi connectivity index (χ4n) is 1.70. The van der Waals surface area contributed by atoms with E-state index in [-0.39, 0.29) is 40.3 Å². The van der Waals surface area contributed by atoms with Crippen LogP contribution in [0.3, 0.4) is 0 Å². The minimum absolute atomic E-state index is 0. The Balaban J connectivity index is -0.000000422. The van der Waals surface area contributed by atoms with Gasteiger partial charge in [0, 0.05) is 26.2 Å². The number of hydrogen-bond acceptors (Lipinski definition) is 0. The predicted molar refractivity (Wildman–Crippen MR) is 61.0 cm³/mol. The van der Waals surface area contributed by atoms with Crippen molar-refractivity contribution in [1.82, 2.24) is 0 Å². The molecule has 4 heteroatoms. The van der Waals surface area contributed by atoms with Crippen LogP contribution < -0.4 is 0 Å². The van der Waals surface area contributed by atoms with Gasteiger partial charge >= 0.3 is 0 Å². The fourth-order valence-corrected chi connectivity index (χ4v) is 1.70. The number of fused-ring (bicyclic) bond motifs is 1. The van der Waals surface area contributed by atoms with E-state index in [1.165, 1.54) is 29.2 Å². The summed E-state index contributed by atoms with van der Waals surface area (Å²) in [5, 5.41) is 2.81. The monoisotopic (exact) mass is 307 g/mol. The molecule has 0 amide bonds. The molecule has 2 rings (SSSR count). The molecule has 0 aliphatic heterocycles. The zero-order valence-corrected chi connectivity index (χ0v) is 11.6. The van der Waals surface area contributed by atoms with Gasteiger partial charge in [-0.25, -0.2) is 0 Å². The molecule has 0 nitrogen and oxygen atoms in total. The summed E-state index contributed by atoms with van der Waals surface area (Å²) in [6.45, 7) is 2.22. The molecule has 0 fully saturated rings. The van der Waals surface area contributed by atoms with Crippen LogP contribution in [0, 0.1) is 0 Å². The molecular formula is C12H16F3Zr-. The van der Waals surface area contributed by atoms with Gasteiger partial charge in [0.1, 0.15) is 0 Å². The molecule has 2 aromatic rings. The van der Waals surface area contributed by atoms with Crippen LogP contribution in [0.25, 0.3) is 10.8 Å². The molecule has 0 spiro atoms. The van der Waals surface area contributed by atoms with Gasteiger partial charge in [0.25, 0.3) is 0 Å². The molecule has 0 atom stereocenters. The fraction of sp³-hybridized carbons (Fsp3) is 0.250. The van der Waals surface area contributed by atoms with Crippen molar-refractivity contribution in [2.75, 3.05) is 0 Å². The summed E-state index contributed by atoms with van der Waals surface area (Å²) in [7, 11) is 0. The molecule has 90 valence electrons. The van der Waals surface area contributed by atoms with E-state index in [1.807, 2.05) is 0 Å². The molecule has 0 heterocycles. The third kappa shape index (κ3) is 4.17. The number of rotatable bonds is 2. The van der Waals surface area contributed by atoms with E-state index in [4.69, 9.17) is 0 Å². The topological polar surface area (TPSA) is 0 Å². The van der Waals surface area contributed by atoms with Gasteiger partial charge in [-0.2, -0.15) is 6.07 Å². The van der Waals surface area contributed by atoms with Crippen molar-refractivity contribution in [3.05, 3.63) is 42.0 Å². The normalized spacial score (nSPS) is 8.06. The summed E-state index contributed by atoms with van der Waals surface area (Å²) in [4.78, 5) is 0. The second-order valence-corrected chi connectivity index (χ2v) is 3.20. The third-order valence-corrected chi connectivity index (χ3v) is 2.29. The van der Waals surface area contributed by atoms with E-state index >= 15 is 0 Å². The van der Waals surface area contributed by atoms with E-state index in [0.717, 1.165) is 0 Å². The van der Waals surface area contributed by atoms with Crippen LogP contribution in [0.2, 0.25) is 0 Å². The summed E-state index contributed by atoms with van der Waals surface area (Å²) >= 11 is 0. The van der Waals surface area contributed by atoms with Gasteiger partial charge in [-0.05, 0) is 0 Å². The van der Waals surface area contributed by atoms with Gasteiger partial charge in [0.05, 0.1) is 0 Å². The van der Waals surface area contributed by atoms with Crippen LogP contribution >= 0.6 is 0 Å². The molecule has 2 aromatic carbocycles. The Morgan fingerprint density at radius 2 is 1.62 bits per heavy atom. The van der Waals surface area contributed by atoms with Crippen LogP contribution in [0.5, 0.6) is 0 Å². The zero-order valence-electron chi connectivity index (χ0n) is 9.10. The summed E-state index contributed by atoms with van der Waals surface area (Å²) in [6.07, 6.45) is 2.43. The van der Waals surface area contributed by atoms with Crippen LogP contribution in [0.1, 0.15) is 18.9 Å². The largest absolute Gasteiger partial charge is 0.269 e. The molecular weight excluding hydrogens is 292 g/mol. The Morgan fingerprint density at radius 1 is 1.00 bits per heavy atom. The van der Waals surface area contributed by atoms with Gasteiger partial charge in [0.2, 0.25) is 0 Å². The van der Waals surface area contributed by atoms with Gasteiger partial charge in [-0.3, -0.25) is 14.1 Å². The van der Waals surface area contributed by atoms with Crippen molar-refractivity contribution >= 4 is 10.8 Å². The van der Waals surface area contributed by atoms with E-state index < -0.39 is 0 Å². The van der Waals surface area contributed by atoms with E-state index in [9.17, 15) is 0 Å². The summed E-state index contributed by atoms with van der Waals surface area (Å²) < 4.78 is 0. The van der Waals surface area contributed by atoms with Crippen LogP contribution in [-0.4, -0.2) is 0 Å². The molecule has 0 N–H and O–H groups in total. The maximum absolute atomic E-state index is 2.24. The summed E-state index contributed by atoms with van der Waals surface area (Å²) in [5.74, 6) is 0.